The number of alkyl halides is 2. The Morgan fingerprint density at radius 1 is 1.50 bits per heavy atom. The molecule has 0 amide bonds. The first-order valence-corrected chi connectivity index (χ1v) is 7.22. The van der Waals surface area contributed by atoms with Crippen LogP contribution in [0.25, 0.3) is 0 Å². The minimum absolute atomic E-state index is 0.0842. The van der Waals surface area contributed by atoms with Gasteiger partial charge in [0.1, 0.15) is 6.10 Å². The average Bonchev–Trinajstić information content (AvgIpc) is 2.38. The van der Waals surface area contributed by atoms with Crippen LogP contribution in [0.1, 0.15) is 39.0 Å². The van der Waals surface area contributed by atoms with Crippen molar-refractivity contribution in [2.75, 3.05) is 0 Å². The van der Waals surface area contributed by atoms with Gasteiger partial charge in [0.25, 0.3) is 0 Å². The lowest BCUT2D eigenvalue weighted by Crippen LogP contribution is -2.53. The zero-order chi connectivity index (χ0) is 13.3. The molecule has 2 aliphatic heterocycles. The highest BCUT2D eigenvalue weighted by Gasteiger charge is 2.50. The van der Waals surface area contributed by atoms with Gasteiger partial charge in [-0.2, -0.15) is 5.26 Å². The number of carbonyl (C=O) groups excluding carboxylic acids is 1. The van der Waals surface area contributed by atoms with Gasteiger partial charge in [0.2, 0.25) is 0 Å². The minimum Gasteiger partial charge on any atom is -0.365 e. The molecule has 0 spiro atoms. The van der Waals surface area contributed by atoms with Gasteiger partial charge in [0.05, 0.1) is 18.1 Å². The Morgan fingerprint density at radius 2 is 2.22 bits per heavy atom. The molecule has 2 heterocycles. The average molecular weight is 290 g/mol. The van der Waals surface area contributed by atoms with E-state index < -0.39 is 10.4 Å². The first kappa shape index (κ1) is 14.1. The fraction of sp³-hybridized carbons (Fsp3) is 0.846. The summed E-state index contributed by atoms with van der Waals surface area (Å²) < 4.78 is 4.39. The molecule has 1 saturated carbocycles. The van der Waals surface area contributed by atoms with E-state index in [0.29, 0.717) is 6.42 Å². The van der Waals surface area contributed by atoms with E-state index in [1.54, 1.807) is 0 Å². The standard InChI is InChI=1S/C13H17Cl2NO2/c1-2-5-13(14,15)12(17)11-8-3-4-10(18-11)9(6-8)7-16/h8-11H,2-6H2,1H3. The van der Waals surface area contributed by atoms with Crippen molar-refractivity contribution in [1.82, 2.24) is 0 Å². The number of rotatable bonds is 4. The summed E-state index contributed by atoms with van der Waals surface area (Å²) in [7, 11) is 0. The molecule has 0 aromatic carbocycles. The molecule has 1 aliphatic carbocycles. The number of ether oxygens (including phenoxy) is 1. The maximum absolute atomic E-state index is 12.3. The van der Waals surface area contributed by atoms with Gasteiger partial charge in [0.15, 0.2) is 10.1 Å². The highest BCUT2D eigenvalue weighted by molar-refractivity contribution is 6.58. The normalized spacial score (nSPS) is 35.2. The molecule has 3 rings (SSSR count). The van der Waals surface area contributed by atoms with Crippen LogP contribution in [0.4, 0.5) is 0 Å². The van der Waals surface area contributed by atoms with Crippen molar-refractivity contribution in [2.45, 2.75) is 55.6 Å². The molecule has 4 unspecified atom stereocenters. The van der Waals surface area contributed by atoms with Crippen LogP contribution in [-0.2, 0) is 9.53 Å². The number of hydrogen-bond donors (Lipinski definition) is 0. The molecule has 0 aromatic rings. The monoisotopic (exact) mass is 289 g/mol. The summed E-state index contributed by atoms with van der Waals surface area (Å²) in [5, 5.41) is 9.02. The summed E-state index contributed by atoms with van der Waals surface area (Å²) in [5.41, 5.74) is 0. The van der Waals surface area contributed by atoms with E-state index in [1.165, 1.54) is 0 Å². The van der Waals surface area contributed by atoms with Crippen LogP contribution < -0.4 is 0 Å². The van der Waals surface area contributed by atoms with Gasteiger partial charge in [-0.25, -0.2) is 0 Å². The summed E-state index contributed by atoms with van der Waals surface area (Å²) in [4.78, 5) is 12.3. The van der Waals surface area contributed by atoms with Crippen LogP contribution >= 0.6 is 23.2 Å². The van der Waals surface area contributed by atoms with Crippen LogP contribution in [0.15, 0.2) is 0 Å². The van der Waals surface area contributed by atoms with Crippen molar-refractivity contribution in [3.8, 4) is 6.07 Å². The van der Waals surface area contributed by atoms with Gasteiger partial charge in [-0.15, -0.1) is 0 Å². The van der Waals surface area contributed by atoms with Gasteiger partial charge < -0.3 is 4.74 Å². The lowest BCUT2D eigenvalue weighted by Gasteiger charge is -2.45. The molecule has 18 heavy (non-hydrogen) atoms. The lowest BCUT2D eigenvalue weighted by molar-refractivity contribution is -0.166. The highest BCUT2D eigenvalue weighted by atomic mass is 35.5. The van der Waals surface area contributed by atoms with E-state index in [9.17, 15) is 4.79 Å². The van der Waals surface area contributed by atoms with Gasteiger partial charge in [-0.1, -0.05) is 36.5 Å². The number of nitriles is 1. The van der Waals surface area contributed by atoms with E-state index in [1.807, 2.05) is 6.92 Å². The molecule has 2 saturated heterocycles. The Labute approximate surface area is 117 Å². The maximum atomic E-state index is 12.3. The summed E-state index contributed by atoms with van der Waals surface area (Å²) >= 11 is 12.2. The van der Waals surface area contributed by atoms with E-state index in [2.05, 4.69) is 6.07 Å². The number of carbonyl (C=O) groups is 1. The fourth-order valence-corrected chi connectivity index (χ4v) is 3.56. The molecule has 0 radical (unpaired) electrons. The molecule has 3 nitrogen and oxygen atoms in total. The van der Waals surface area contributed by atoms with Crippen LogP contribution in [0, 0.1) is 23.2 Å². The van der Waals surface area contributed by atoms with Gasteiger partial charge >= 0.3 is 0 Å². The SMILES string of the molecule is CCCC(Cl)(Cl)C(=O)C1OC2CCC1CC2C#N. The van der Waals surface area contributed by atoms with E-state index in [-0.39, 0.29) is 23.7 Å². The van der Waals surface area contributed by atoms with Gasteiger partial charge in [-0.05, 0) is 31.6 Å². The third-order valence-corrected chi connectivity index (χ3v) is 4.68. The second-order valence-corrected chi connectivity index (χ2v) is 6.71. The number of halogens is 2. The minimum atomic E-state index is -1.35. The van der Waals surface area contributed by atoms with Crippen LogP contribution in [0.3, 0.4) is 0 Å². The first-order chi connectivity index (χ1) is 8.49. The Kier molecular flexibility index (Phi) is 4.21. The lowest BCUT2D eigenvalue weighted by atomic mass is 9.73. The predicted molar refractivity (Wildman–Crippen MR) is 69.5 cm³/mol. The van der Waals surface area contributed by atoms with Crippen molar-refractivity contribution in [3.63, 3.8) is 0 Å². The van der Waals surface area contributed by atoms with Crippen molar-refractivity contribution in [1.29, 1.82) is 5.26 Å². The molecule has 3 fully saturated rings. The third-order valence-electron chi connectivity index (χ3n) is 3.93. The molecule has 0 N–H and O–H groups in total. The smallest absolute Gasteiger partial charge is 0.197 e. The summed E-state index contributed by atoms with van der Waals surface area (Å²) in [6.45, 7) is 1.94. The van der Waals surface area contributed by atoms with E-state index in [4.69, 9.17) is 33.2 Å². The molecule has 3 aliphatic rings. The molecular formula is C13H17Cl2NO2. The Hall–Kier alpha value is -0.300. The number of ketones is 1. The van der Waals surface area contributed by atoms with E-state index in [0.717, 1.165) is 25.7 Å². The zero-order valence-corrected chi connectivity index (χ0v) is 11.9. The topological polar surface area (TPSA) is 50.1 Å². The maximum Gasteiger partial charge on any atom is 0.197 e. The molecule has 100 valence electrons. The summed E-state index contributed by atoms with van der Waals surface area (Å²) in [6, 6.07) is 2.26. The van der Waals surface area contributed by atoms with Crippen LogP contribution in [-0.4, -0.2) is 22.3 Å². The second-order valence-electron chi connectivity index (χ2n) is 5.22. The summed E-state index contributed by atoms with van der Waals surface area (Å²) in [6.07, 6.45) is 3.06. The number of Topliss-reactive ketones (excluding diaryl/α,β-unsaturated/α-hetero) is 1. The quantitative estimate of drug-likeness (QED) is 0.747. The largest absolute Gasteiger partial charge is 0.365 e. The summed E-state index contributed by atoms with van der Waals surface area (Å²) in [5.74, 6) is -0.210. The number of hydrogen-bond acceptors (Lipinski definition) is 3. The molecule has 5 heteroatoms. The number of nitrogens with zero attached hydrogens (tertiary/aromatic N) is 1. The molecular weight excluding hydrogens is 273 g/mol. The van der Waals surface area contributed by atoms with Gasteiger partial charge in [0, 0.05) is 0 Å². The molecule has 4 atom stereocenters. The first-order valence-electron chi connectivity index (χ1n) is 6.46. The Balaban J connectivity index is 2.08. The second kappa shape index (κ2) is 5.36. The van der Waals surface area contributed by atoms with E-state index >= 15 is 0 Å². The number of fused-ring (bicyclic) bond motifs is 3. The van der Waals surface area contributed by atoms with Crippen molar-refractivity contribution >= 4 is 29.0 Å². The van der Waals surface area contributed by atoms with Crippen LogP contribution in [0.2, 0.25) is 0 Å². The van der Waals surface area contributed by atoms with Crippen LogP contribution in [0.5, 0.6) is 0 Å². The predicted octanol–water partition coefficient (Wildman–Crippen LogP) is 3.24. The Morgan fingerprint density at radius 3 is 2.72 bits per heavy atom. The zero-order valence-electron chi connectivity index (χ0n) is 10.4. The fourth-order valence-electron chi connectivity index (χ4n) is 2.97. The van der Waals surface area contributed by atoms with Crippen molar-refractivity contribution in [2.24, 2.45) is 11.8 Å². The Bertz CT molecular complexity index is 378. The van der Waals surface area contributed by atoms with Crippen molar-refractivity contribution < 1.29 is 9.53 Å². The van der Waals surface area contributed by atoms with Crippen molar-refractivity contribution in [3.05, 3.63) is 0 Å². The third kappa shape index (κ3) is 2.52. The molecule has 0 aromatic heterocycles. The highest BCUT2D eigenvalue weighted by Crippen LogP contribution is 2.44. The van der Waals surface area contributed by atoms with Gasteiger partial charge in [-0.3, -0.25) is 4.79 Å². The molecule has 2 bridgehead atoms.